The minimum absolute atomic E-state index is 0.202. The van der Waals surface area contributed by atoms with Gasteiger partial charge < -0.3 is 10.1 Å². The Bertz CT molecular complexity index is 657. The molecule has 1 aromatic carbocycles. The number of nitrogens with zero attached hydrogens (tertiary/aromatic N) is 3. The second-order valence-electron chi connectivity index (χ2n) is 3.47. The standard InChI is InChI=1S/C12H8BrClN4O/c1-19-10-11(14)16-6-17-12(10)18-9-4-8(13)3-2-7(9)5-15/h2-4,6H,1H3,(H,16,17,18). The van der Waals surface area contributed by atoms with Crippen molar-refractivity contribution in [2.45, 2.75) is 0 Å². The summed E-state index contributed by atoms with van der Waals surface area (Å²) in [6.45, 7) is 0. The van der Waals surface area contributed by atoms with E-state index in [2.05, 4.69) is 37.3 Å². The minimum Gasteiger partial charge on any atom is -0.490 e. The lowest BCUT2D eigenvalue weighted by atomic mass is 10.2. The topological polar surface area (TPSA) is 70.8 Å². The van der Waals surface area contributed by atoms with Gasteiger partial charge in [-0.3, -0.25) is 0 Å². The van der Waals surface area contributed by atoms with Gasteiger partial charge in [0, 0.05) is 4.47 Å². The number of halogens is 2. The van der Waals surface area contributed by atoms with Crippen LogP contribution in [0.3, 0.4) is 0 Å². The highest BCUT2D eigenvalue weighted by atomic mass is 79.9. The number of hydrogen-bond acceptors (Lipinski definition) is 5. The maximum atomic E-state index is 9.07. The Balaban J connectivity index is 2.45. The van der Waals surface area contributed by atoms with Crippen LogP contribution < -0.4 is 10.1 Å². The van der Waals surface area contributed by atoms with Crippen LogP contribution in [-0.2, 0) is 0 Å². The lowest BCUT2D eigenvalue weighted by Gasteiger charge is -2.11. The number of aromatic nitrogens is 2. The Morgan fingerprint density at radius 2 is 2.21 bits per heavy atom. The van der Waals surface area contributed by atoms with Gasteiger partial charge in [0.2, 0.25) is 0 Å². The zero-order chi connectivity index (χ0) is 13.8. The first-order valence-electron chi connectivity index (χ1n) is 5.17. The SMILES string of the molecule is COc1c(Cl)ncnc1Nc1cc(Br)ccc1C#N. The van der Waals surface area contributed by atoms with E-state index in [0.29, 0.717) is 22.8 Å². The average molecular weight is 340 g/mol. The second-order valence-corrected chi connectivity index (χ2v) is 4.75. The molecule has 0 bridgehead atoms. The smallest absolute Gasteiger partial charge is 0.199 e. The highest BCUT2D eigenvalue weighted by molar-refractivity contribution is 9.10. The monoisotopic (exact) mass is 338 g/mol. The number of nitrogens with one attached hydrogen (secondary N) is 1. The van der Waals surface area contributed by atoms with Crippen molar-refractivity contribution in [3.63, 3.8) is 0 Å². The first-order valence-corrected chi connectivity index (χ1v) is 6.34. The summed E-state index contributed by atoms with van der Waals surface area (Å²) in [6.07, 6.45) is 1.32. The lowest BCUT2D eigenvalue weighted by molar-refractivity contribution is 0.413. The summed E-state index contributed by atoms with van der Waals surface area (Å²) in [5.41, 5.74) is 1.09. The van der Waals surface area contributed by atoms with Crippen LogP contribution in [0.5, 0.6) is 5.75 Å². The van der Waals surface area contributed by atoms with Gasteiger partial charge in [-0.25, -0.2) is 9.97 Å². The predicted octanol–water partition coefficient (Wildman–Crippen LogP) is 3.52. The van der Waals surface area contributed by atoms with Crippen molar-refractivity contribution >= 4 is 39.0 Å². The van der Waals surface area contributed by atoms with Crippen LogP contribution in [0.4, 0.5) is 11.5 Å². The van der Waals surface area contributed by atoms with Gasteiger partial charge in [0.15, 0.2) is 16.7 Å². The van der Waals surface area contributed by atoms with Crippen LogP contribution in [0.2, 0.25) is 5.15 Å². The van der Waals surface area contributed by atoms with Gasteiger partial charge in [-0.05, 0) is 18.2 Å². The van der Waals surface area contributed by atoms with E-state index in [9.17, 15) is 0 Å². The maximum absolute atomic E-state index is 9.07. The zero-order valence-corrected chi connectivity index (χ0v) is 12.2. The van der Waals surface area contributed by atoms with Gasteiger partial charge >= 0.3 is 0 Å². The van der Waals surface area contributed by atoms with Crippen LogP contribution in [0, 0.1) is 11.3 Å². The molecule has 2 aromatic rings. The zero-order valence-electron chi connectivity index (χ0n) is 9.82. The first kappa shape index (κ1) is 13.6. The quantitative estimate of drug-likeness (QED) is 0.866. The number of hydrogen-bond donors (Lipinski definition) is 1. The Hall–Kier alpha value is -1.84. The molecule has 0 unspecified atom stereocenters. The fourth-order valence-corrected chi connectivity index (χ4v) is 2.04. The second kappa shape index (κ2) is 5.87. The summed E-state index contributed by atoms with van der Waals surface area (Å²) in [4.78, 5) is 7.88. The molecule has 0 radical (unpaired) electrons. The number of ether oxygens (including phenoxy) is 1. The molecule has 19 heavy (non-hydrogen) atoms. The molecule has 0 amide bonds. The molecule has 0 atom stereocenters. The minimum atomic E-state index is 0.202. The maximum Gasteiger partial charge on any atom is 0.199 e. The summed E-state index contributed by atoms with van der Waals surface area (Å²) in [6, 6.07) is 7.35. The third-order valence-corrected chi connectivity index (χ3v) is 3.08. The third-order valence-electron chi connectivity index (χ3n) is 2.32. The first-order chi connectivity index (χ1) is 9.15. The Morgan fingerprint density at radius 3 is 2.89 bits per heavy atom. The van der Waals surface area contributed by atoms with E-state index in [-0.39, 0.29) is 5.15 Å². The fourth-order valence-electron chi connectivity index (χ4n) is 1.47. The van der Waals surface area contributed by atoms with E-state index in [1.807, 2.05) is 0 Å². The van der Waals surface area contributed by atoms with Crippen LogP contribution in [0.15, 0.2) is 29.0 Å². The molecule has 96 valence electrons. The Kier molecular flexibility index (Phi) is 4.20. The molecular weight excluding hydrogens is 332 g/mol. The summed E-state index contributed by atoms with van der Waals surface area (Å²) >= 11 is 9.26. The molecule has 5 nitrogen and oxygen atoms in total. The van der Waals surface area contributed by atoms with E-state index >= 15 is 0 Å². The molecule has 0 aliphatic heterocycles. The van der Waals surface area contributed by atoms with Crippen molar-refractivity contribution in [3.05, 3.63) is 39.7 Å². The number of benzene rings is 1. The third kappa shape index (κ3) is 2.95. The molecule has 7 heteroatoms. The van der Waals surface area contributed by atoms with Crippen molar-refractivity contribution in [2.75, 3.05) is 12.4 Å². The van der Waals surface area contributed by atoms with Gasteiger partial charge in [0.25, 0.3) is 0 Å². The number of rotatable bonds is 3. The normalized spacial score (nSPS) is 9.79. The highest BCUT2D eigenvalue weighted by Crippen LogP contribution is 2.32. The number of methoxy groups -OCH3 is 1. The summed E-state index contributed by atoms with van der Waals surface area (Å²) in [7, 11) is 1.47. The van der Waals surface area contributed by atoms with Gasteiger partial charge in [-0.2, -0.15) is 5.26 Å². The molecule has 1 aromatic heterocycles. The Morgan fingerprint density at radius 1 is 1.42 bits per heavy atom. The lowest BCUT2D eigenvalue weighted by Crippen LogP contribution is -2.00. The van der Waals surface area contributed by atoms with E-state index in [4.69, 9.17) is 21.6 Å². The van der Waals surface area contributed by atoms with E-state index < -0.39 is 0 Å². The number of nitriles is 1. The summed E-state index contributed by atoms with van der Waals surface area (Å²) in [5, 5.41) is 12.3. The molecule has 0 spiro atoms. The molecule has 1 N–H and O–H groups in total. The highest BCUT2D eigenvalue weighted by Gasteiger charge is 2.12. The van der Waals surface area contributed by atoms with Gasteiger partial charge in [0.1, 0.15) is 12.4 Å². The van der Waals surface area contributed by atoms with Gasteiger partial charge in [0.05, 0.1) is 18.4 Å². The van der Waals surface area contributed by atoms with Crippen LogP contribution >= 0.6 is 27.5 Å². The van der Waals surface area contributed by atoms with Gasteiger partial charge in [-0.1, -0.05) is 27.5 Å². The van der Waals surface area contributed by atoms with Crippen molar-refractivity contribution in [1.29, 1.82) is 5.26 Å². The van der Waals surface area contributed by atoms with E-state index in [0.717, 1.165) is 4.47 Å². The van der Waals surface area contributed by atoms with Crippen molar-refractivity contribution < 1.29 is 4.74 Å². The molecule has 0 saturated heterocycles. The van der Waals surface area contributed by atoms with Crippen molar-refractivity contribution in [3.8, 4) is 11.8 Å². The van der Waals surface area contributed by atoms with Crippen LogP contribution in [0.25, 0.3) is 0 Å². The number of anilines is 2. The predicted molar refractivity (Wildman–Crippen MR) is 75.7 cm³/mol. The molecule has 0 fully saturated rings. The van der Waals surface area contributed by atoms with Crippen LogP contribution in [-0.4, -0.2) is 17.1 Å². The van der Waals surface area contributed by atoms with Crippen molar-refractivity contribution in [1.82, 2.24) is 9.97 Å². The molecule has 2 rings (SSSR count). The molecule has 0 aliphatic carbocycles. The molecular formula is C12H8BrClN4O. The molecule has 1 heterocycles. The van der Waals surface area contributed by atoms with Gasteiger partial charge in [-0.15, -0.1) is 0 Å². The van der Waals surface area contributed by atoms with E-state index in [1.165, 1.54) is 13.4 Å². The largest absolute Gasteiger partial charge is 0.490 e. The molecule has 0 aliphatic rings. The average Bonchev–Trinajstić information content (AvgIpc) is 2.39. The summed E-state index contributed by atoms with van der Waals surface area (Å²) < 4.78 is 5.98. The van der Waals surface area contributed by atoms with Crippen LogP contribution in [0.1, 0.15) is 5.56 Å². The summed E-state index contributed by atoms with van der Waals surface area (Å²) in [5.74, 6) is 0.727. The van der Waals surface area contributed by atoms with E-state index in [1.54, 1.807) is 18.2 Å². The Labute approximate surface area is 123 Å². The molecule has 0 saturated carbocycles. The van der Waals surface area contributed by atoms with Crippen molar-refractivity contribution in [2.24, 2.45) is 0 Å². The fraction of sp³-hybridized carbons (Fsp3) is 0.0833.